The molecule has 1 aromatic carbocycles. The van der Waals surface area contributed by atoms with Gasteiger partial charge in [0.25, 0.3) is 5.91 Å². The van der Waals surface area contributed by atoms with E-state index in [9.17, 15) is 9.59 Å². The zero-order valence-electron chi connectivity index (χ0n) is 16.3. The molecule has 1 heterocycles. The summed E-state index contributed by atoms with van der Waals surface area (Å²) in [5.41, 5.74) is 2.35. The number of hydrogen-bond acceptors (Lipinski definition) is 3. The number of carbonyl (C=O) groups is 2. The Hall–Kier alpha value is -2.34. The Morgan fingerprint density at radius 3 is 2.56 bits per heavy atom. The second-order valence-corrected chi connectivity index (χ2v) is 7.33. The van der Waals surface area contributed by atoms with Crippen LogP contribution < -0.4 is 10.6 Å². The predicted molar refractivity (Wildman–Crippen MR) is 107 cm³/mol. The first-order valence-corrected chi connectivity index (χ1v) is 9.54. The summed E-state index contributed by atoms with van der Waals surface area (Å²) in [6.45, 7) is 8.52. The largest absolute Gasteiger partial charge is 0.353 e. The van der Waals surface area contributed by atoms with Gasteiger partial charge in [0.15, 0.2) is 0 Å². The van der Waals surface area contributed by atoms with Crippen LogP contribution in [0.25, 0.3) is 0 Å². The number of carbonyl (C=O) groups excluding carboxylic acids is 2. The van der Waals surface area contributed by atoms with Crippen molar-refractivity contribution in [3.63, 3.8) is 0 Å². The molecule has 27 heavy (non-hydrogen) atoms. The molecule has 0 aliphatic carbocycles. The fourth-order valence-corrected chi connectivity index (χ4v) is 3.05. The number of aromatic nitrogens is 2. The third-order valence-electron chi connectivity index (χ3n) is 4.30. The van der Waals surface area contributed by atoms with Gasteiger partial charge in [-0.3, -0.25) is 14.3 Å². The normalized spacial score (nSPS) is 13.1. The topological polar surface area (TPSA) is 76.0 Å². The average molecular weight is 391 g/mol. The van der Waals surface area contributed by atoms with E-state index in [0.29, 0.717) is 23.4 Å². The number of rotatable bonds is 8. The quantitative estimate of drug-likeness (QED) is 0.727. The summed E-state index contributed by atoms with van der Waals surface area (Å²) in [4.78, 5) is 24.5. The van der Waals surface area contributed by atoms with E-state index in [-0.39, 0.29) is 23.9 Å². The summed E-state index contributed by atoms with van der Waals surface area (Å²) in [5, 5.41) is 10.7. The van der Waals surface area contributed by atoms with Crippen LogP contribution in [0.5, 0.6) is 0 Å². The predicted octanol–water partition coefficient (Wildman–Crippen LogP) is 3.12. The summed E-state index contributed by atoms with van der Waals surface area (Å²) in [7, 11) is 0. The van der Waals surface area contributed by atoms with E-state index in [2.05, 4.69) is 15.7 Å². The van der Waals surface area contributed by atoms with Crippen LogP contribution in [0.2, 0.25) is 5.02 Å². The number of aryl methyl sites for hydroxylation is 2. The van der Waals surface area contributed by atoms with Gasteiger partial charge in [0.2, 0.25) is 5.91 Å². The molecule has 2 N–H and O–H groups in total. The van der Waals surface area contributed by atoms with Gasteiger partial charge < -0.3 is 10.6 Å². The lowest BCUT2D eigenvalue weighted by atomic mass is 10.1. The lowest BCUT2D eigenvalue weighted by Crippen LogP contribution is -2.40. The van der Waals surface area contributed by atoms with Crippen LogP contribution in [-0.4, -0.2) is 33.7 Å². The van der Waals surface area contributed by atoms with Crippen molar-refractivity contribution in [3.8, 4) is 0 Å². The highest BCUT2D eigenvalue weighted by molar-refractivity contribution is 6.31. The second-order valence-electron chi connectivity index (χ2n) is 6.92. The van der Waals surface area contributed by atoms with Crippen molar-refractivity contribution in [2.75, 3.05) is 0 Å². The monoisotopic (exact) mass is 390 g/mol. The minimum Gasteiger partial charge on any atom is -0.353 e. The Kier molecular flexibility index (Phi) is 7.42. The molecule has 0 fully saturated rings. The van der Waals surface area contributed by atoms with Crippen LogP contribution in [0, 0.1) is 6.92 Å². The molecule has 1 aromatic heterocycles. The van der Waals surface area contributed by atoms with E-state index in [1.54, 1.807) is 23.0 Å². The molecule has 7 heteroatoms. The van der Waals surface area contributed by atoms with Crippen molar-refractivity contribution in [1.29, 1.82) is 0 Å². The van der Waals surface area contributed by atoms with E-state index in [4.69, 9.17) is 11.6 Å². The van der Waals surface area contributed by atoms with Gasteiger partial charge in [0.1, 0.15) is 0 Å². The second kappa shape index (κ2) is 9.55. The van der Waals surface area contributed by atoms with Gasteiger partial charge in [0.05, 0.1) is 12.6 Å². The molecule has 6 nitrogen and oxygen atoms in total. The third kappa shape index (κ3) is 6.40. The summed E-state index contributed by atoms with van der Waals surface area (Å²) in [6, 6.07) is 5.10. The van der Waals surface area contributed by atoms with E-state index in [0.717, 1.165) is 17.7 Å². The molecule has 0 aliphatic rings. The first-order valence-electron chi connectivity index (χ1n) is 9.16. The summed E-state index contributed by atoms with van der Waals surface area (Å²) < 4.78 is 1.79. The van der Waals surface area contributed by atoms with Gasteiger partial charge >= 0.3 is 0 Å². The van der Waals surface area contributed by atoms with Crippen LogP contribution in [0.15, 0.2) is 30.6 Å². The maximum absolute atomic E-state index is 12.3. The van der Waals surface area contributed by atoms with E-state index in [1.165, 1.54) is 0 Å². The highest BCUT2D eigenvalue weighted by Crippen LogP contribution is 2.16. The number of halogens is 1. The van der Waals surface area contributed by atoms with E-state index in [1.807, 2.05) is 40.0 Å². The van der Waals surface area contributed by atoms with Crippen molar-refractivity contribution in [3.05, 3.63) is 52.3 Å². The van der Waals surface area contributed by atoms with Crippen LogP contribution in [0.4, 0.5) is 0 Å². The van der Waals surface area contributed by atoms with Gasteiger partial charge in [0, 0.05) is 35.4 Å². The van der Waals surface area contributed by atoms with Gasteiger partial charge in [-0.2, -0.15) is 5.10 Å². The minimum atomic E-state index is -0.171. The molecule has 0 aliphatic heterocycles. The lowest BCUT2D eigenvalue weighted by molar-refractivity contribution is -0.121. The molecular weight excluding hydrogens is 364 g/mol. The highest BCUT2D eigenvalue weighted by atomic mass is 35.5. The Morgan fingerprint density at radius 1 is 1.22 bits per heavy atom. The zero-order chi connectivity index (χ0) is 20.0. The summed E-state index contributed by atoms with van der Waals surface area (Å²) >= 11 is 6.08. The molecule has 0 spiro atoms. The van der Waals surface area contributed by atoms with E-state index >= 15 is 0 Å². The number of amides is 2. The number of nitrogens with one attached hydrogen (secondary N) is 2. The maximum atomic E-state index is 12.3. The number of benzene rings is 1. The van der Waals surface area contributed by atoms with E-state index < -0.39 is 0 Å². The van der Waals surface area contributed by atoms with Crippen molar-refractivity contribution < 1.29 is 9.59 Å². The van der Waals surface area contributed by atoms with Gasteiger partial charge in [-0.05, 0) is 57.4 Å². The first-order chi connectivity index (χ1) is 12.8. The molecule has 2 aromatic rings. The molecule has 0 radical (unpaired) electrons. The molecular formula is C20H27ClN4O2. The van der Waals surface area contributed by atoms with Crippen LogP contribution in [0.1, 0.15) is 48.7 Å². The molecule has 146 valence electrons. The standard InChI is InChI=1S/C20H27ClN4O2/c1-5-25-12-16(11-22-25)9-19(26)23-14(3)8-15(4)24-20(27)17-7-6-13(2)18(21)10-17/h6-7,10-12,14-15H,5,8-9H2,1-4H3,(H,23,26)(H,24,27). The van der Waals surface area contributed by atoms with Gasteiger partial charge in [-0.1, -0.05) is 17.7 Å². The molecule has 2 unspecified atom stereocenters. The Morgan fingerprint density at radius 2 is 1.93 bits per heavy atom. The Labute approximate surface area is 165 Å². The first kappa shape index (κ1) is 21.0. The fraction of sp³-hybridized carbons (Fsp3) is 0.450. The van der Waals surface area contributed by atoms with Gasteiger partial charge in [-0.15, -0.1) is 0 Å². The maximum Gasteiger partial charge on any atom is 0.251 e. The van der Waals surface area contributed by atoms with Crippen molar-refractivity contribution in [1.82, 2.24) is 20.4 Å². The molecule has 0 saturated heterocycles. The van der Waals surface area contributed by atoms with Crippen molar-refractivity contribution >= 4 is 23.4 Å². The van der Waals surface area contributed by atoms with Crippen molar-refractivity contribution in [2.24, 2.45) is 0 Å². The van der Waals surface area contributed by atoms with Crippen LogP contribution in [-0.2, 0) is 17.8 Å². The Bertz CT molecular complexity index is 803. The van der Waals surface area contributed by atoms with Crippen LogP contribution >= 0.6 is 11.6 Å². The number of nitrogens with zero attached hydrogens (tertiary/aromatic N) is 2. The third-order valence-corrected chi connectivity index (χ3v) is 4.71. The molecule has 0 saturated carbocycles. The van der Waals surface area contributed by atoms with Crippen LogP contribution in [0.3, 0.4) is 0 Å². The van der Waals surface area contributed by atoms with Gasteiger partial charge in [-0.25, -0.2) is 0 Å². The summed E-state index contributed by atoms with van der Waals surface area (Å²) in [6.07, 6.45) is 4.52. The minimum absolute atomic E-state index is 0.0537. The molecule has 2 amide bonds. The molecule has 0 bridgehead atoms. The summed E-state index contributed by atoms with van der Waals surface area (Å²) in [5.74, 6) is -0.225. The SMILES string of the molecule is CCn1cc(CC(=O)NC(C)CC(C)NC(=O)c2ccc(C)c(Cl)c2)cn1. The zero-order valence-corrected chi connectivity index (χ0v) is 17.0. The molecule has 2 rings (SSSR count). The highest BCUT2D eigenvalue weighted by Gasteiger charge is 2.15. The van der Waals surface area contributed by atoms with Crippen molar-refractivity contribution in [2.45, 2.75) is 59.2 Å². The number of hydrogen-bond donors (Lipinski definition) is 2. The lowest BCUT2D eigenvalue weighted by Gasteiger charge is -2.20. The average Bonchev–Trinajstić information content (AvgIpc) is 3.04. The molecule has 2 atom stereocenters. The fourth-order valence-electron chi connectivity index (χ4n) is 2.87. The smallest absolute Gasteiger partial charge is 0.251 e. The Balaban J connectivity index is 1.80.